The second-order valence-corrected chi connectivity index (χ2v) is 12.9. The van der Waals surface area contributed by atoms with Crippen LogP contribution in [-0.4, -0.2) is 72.3 Å². The lowest BCUT2D eigenvalue weighted by atomic mass is 9.91. The molecule has 1 fully saturated rings. The first-order valence-electron chi connectivity index (χ1n) is 14.0. The molecule has 0 amide bonds. The predicted molar refractivity (Wildman–Crippen MR) is 162 cm³/mol. The van der Waals surface area contributed by atoms with Crippen molar-refractivity contribution in [3.8, 4) is 11.3 Å². The van der Waals surface area contributed by atoms with Gasteiger partial charge in [-0.1, -0.05) is 12.1 Å². The number of anilines is 2. The molecule has 0 unspecified atom stereocenters. The van der Waals surface area contributed by atoms with Gasteiger partial charge >= 0.3 is 0 Å². The highest BCUT2D eigenvalue weighted by molar-refractivity contribution is 7.91. The van der Waals surface area contributed by atoms with Crippen LogP contribution in [0.3, 0.4) is 0 Å². The minimum atomic E-state index is -3.47. The summed E-state index contributed by atoms with van der Waals surface area (Å²) in [4.78, 5) is 28.9. The first kappa shape index (κ1) is 28.8. The zero-order chi connectivity index (χ0) is 29.0. The Bertz CT molecular complexity index is 1660. The van der Waals surface area contributed by atoms with E-state index in [0.29, 0.717) is 41.3 Å². The van der Waals surface area contributed by atoms with Gasteiger partial charge in [-0.25, -0.2) is 13.4 Å². The molecule has 0 saturated carbocycles. The summed E-state index contributed by atoms with van der Waals surface area (Å²) in [6.07, 6.45) is 6.52. The van der Waals surface area contributed by atoms with Crippen LogP contribution in [0, 0.1) is 5.92 Å². The summed E-state index contributed by atoms with van der Waals surface area (Å²) in [5, 5.41) is 7.37. The van der Waals surface area contributed by atoms with Crippen LogP contribution in [0.2, 0.25) is 0 Å². The molecule has 0 atom stereocenters. The number of rotatable bonds is 10. The van der Waals surface area contributed by atoms with Crippen molar-refractivity contribution in [3.63, 3.8) is 0 Å². The summed E-state index contributed by atoms with van der Waals surface area (Å²) in [6, 6.07) is 13.2. The number of nitrogens with one attached hydrogen (secondary N) is 2. The summed E-state index contributed by atoms with van der Waals surface area (Å²) in [6.45, 7) is 4.89. The molecule has 4 aromatic rings. The largest absolute Gasteiger partial charge is 0.324 e. The maximum Gasteiger partial charge on any atom is 0.261 e. The topological polar surface area (TPSA) is 122 Å². The molecule has 0 aliphatic carbocycles. The van der Waals surface area contributed by atoms with Crippen molar-refractivity contribution in [2.45, 2.75) is 37.6 Å². The van der Waals surface area contributed by atoms with E-state index < -0.39 is 9.84 Å². The predicted octanol–water partition coefficient (Wildman–Crippen LogP) is 3.49. The van der Waals surface area contributed by atoms with E-state index in [-0.39, 0.29) is 16.2 Å². The van der Waals surface area contributed by atoms with Crippen LogP contribution in [0.15, 0.2) is 64.5 Å². The summed E-state index contributed by atoms with van der Waals surface area (Å²) >= 11 is 0. The Morgan fingerprint density at radius 3 is 2.46 bits per heavy atom. The quantitative estimate of drug-likeness (QED) is 0.293. The third-order valence-electron chi connectivity index (χ3n) is 7.52. The third kappa shape index (κ3) is 6.80. The molecule has 3 aromatic heterocycles. The fraction of sp³-hybridized carbons (Fsp3) is 0.400. The Morgan fingerprint density at radius 2 is 1.80 bits per heavy atom. The van der Waals surface area contributed by atoms with E-state index in [0.717, 1.165) is 31.1 Å². The van der Waals surface area contributed by atoms with Crippen LogP contribution in [0.4, 0.5) is 11.6 Å². The Kier molecular flexibility index (Phi) is 8.77. The van der Waals surface area contributed by atoms with Crippen LogP contribution in [-0.2, 0) is 22.8 Å². The molecule has 1 aliphatic heterocycles. The normalized spacial score (nSPS) is 14.5. The van der Waals surface area contributed by atoms with Gasteiger partial charge in [0.15, 0.2) is 9.84 Å². The molecule has 216 valence electrons. The fourth-order valence-electron chi connectivity index (χ4n) is 5.11. The van der Waals surface area contributed by atoms with Crippen molar-refractivity contribution in [1.29, 1.82) is 0 Å². The molecule has 41 heavy (non-hydrogen) atoms. The van der Waals surface area contributed by atoms with Gasteiger partial charge in [-0.05, 0) is 95.2 Å². The molecular weight excluding hydrogens is 538 g/mol. The van der Waals surface area contributed by atoms with Gasteiger partial charge in [0, 0.05) is 36.6 Å². The summed E-state index contributed by atoms with van der Waals surface area (Å²) < 4.78 is 26.8. The van der Waals surface area contributed by atoms with Crippen molar-refractivity contribution in [2.75, 3.05) is 44.8 Å². The van der Waals surface area contributed by atoms with Gasteiger partial charge in [-0.3, -0.25) is 14.3 Å². The minimum Gasteiger partial charge on any atom is -0.324 e. The van der Waals surface area contributed by atoms with Crippen molar-refractivity contribution in [1.82, 2.24) is 29.7 Å². The smallest absolute Gasteiger partial charge is 0.261 e. The molecule has 0 radical (unpaired) electrons. The SMILES string of the molecule is CCn1c(=O)c(-c2ccc(S(=O)(=O)CCN(C)C)cn2)cc2cnc(Nc3ccc(CC4CCNCC4)cc3)nc21. The van der Waals surface area contributed by atoms with Crippen LogP contribution in [0.5, 0.6) is 0 Å². The Labute approximate surface area is 240 Å². The van der Waals surface area contributed by atoms with E-state index in [9.17, 15) is 13.2 Å². The highest BCUT2D eigenvalue weighted by atomic mass is 32.2. The number of nitrogens with zero attached hydrogens (tertiary/aromatic N) is 5. The van der Waals surface area contributed by atoms with E-state index in [1.165, 1.54) is 30.7 Å². The van der Waals surface area contributed by atoms with E-state index in [1.54, 1.807) is 22.9 Å². The molecule has 0 spiro atoms. The van der Waals surface area contributed by atoms with Crippen molar-refractivity contribution >= 4 is 32.5 Å². The number of fused-ring (bicyclic) bond motifs is 1. The van der Waals surface area contributed by atoms with Gasteiger partial charge in [-0.15, -0.1) is 0 Å². The maximum atomic E-state index is 13.5. The molecule has 5 rings (SSSR count). The Hall–Kier alpha value is -3.67. The number of aryl methyl sites for hydroxylation is 1. The zero-order valence-corrected chi connectivity index (χ0v) is 24.6. The van der Waals surface area contributed by atoms with Crippen molar-refractivity contribution in [3.05, 3.63) is 70.8 Å². The van der Waals surface area contributed by atoms with Crippen LogP contribution in [0.1, 0.15) is 25.3 Å². The van der Waals surface area contributed by atoms with Crippen LogP contribution < -0.4 is 16.2 Å². The van der Waals surface area contributed by atoms with Crippen molar-refractivity contribution in [2.24, 2.45) is 5.92 Å². The van der Waals surface area contributed by atoms with Crippen LogP contribution in [0.25, 0.3) is 22.3 Å². The molecule has 4 heterocycles. The molecule has 11 heteroatoms. The number of benzene rings is 1. The molecule has 1 aromatic carbocycles. The molecule has 1 saturated heterocycles. The number of hydrogen-bond acceptors (Lipinski definition) is 9. The van der Waals surface area contributed by atoms with Gasteiger partial charge in [-0.2, -0.15) is 4.98 Å². The second-order valence-electron chi connectivity index (χ2n) is 10.8. The van der Waals surface area contributed by atoms with Gasteiger partial charge in [0.05, 0.1) is 21.9 Å². The van der Waals surface area contributed by atoms with Gasteiger partial charge in [0.25, 0.3) is 5.56 Å². The summed E-state index contributed by atoms with van der Waals surface area (Å²) in [7, 11) is 0.182. The number of sulfone groups is 1. The Morgan fingerprint density at radius 1 is 1.05 bits per heavy atom. The molecule has 10 nitrogen and oxygen atoms in total. The molecule has 1 aliphatic rings. The number of hydrogen-bond donors (Lipinski definition) is 2. The van der Waals surface area contributed by atoms with E-state index >= 15 is 0 Å². The summed E-state index contributed by atoms with van der Waals surface area (Å²) in [5.74, 6) is 1.13. The monoisotopic (exact) mass is 575 g/mol. The lowest BCUT2D eigenvalue weighted by Crippen LogP contribution is -2.28. The minimum absolute atomic E-state index is 0.00409. The van der Waals surface area contributed by atoms with Gasteiger partial charge < -0.3 is 15.5 Å². The zero-order valence-electron chi connectivity index (χ0n) is 23.8. The lowest BCUT2D eigenvalue weighted by Gasteiger charge is -2.22. The first-order chi connectivity index (χ1) is 19.7. The summed E-state index contributed by atoms with van der Waals surface area (Å²) in [5.41, 5.74) is 3.24. The maximum absolute atomic E-state index is 13.5. The van der Waals surface area contributed by atoms with Crippen molar-refractivity contribution < 1.29 is 8.42 Å². The first-order valence-corrected chi connectivity index (χ1v) is 15.7. The standard InChI is InChI=1S/C30H37N7O3S/c1-4-37-28-23(18-26(29(37)38)27-10-9-25(20-32-27)41(39,40)16-15-36(2)3)19-33-30(35-28)34-24-7-5-21(6-8-24)17-22-11-13-31-14-12-22/h5-10,18-20,22,31H,4,11-17H2,1-3H3,(H,33,34,35). The van der Waals surface area contributed by atoms with E-state index in [2.05, 4.69) is 37.7 Å². The fourth-order valence-corrected chi connectivity index (χ4v) is 6.44. The Balaban J connectivity index is 1.36. The molecule has 2 N–H and O–H groups in total. The average molecular weight is 576 g/mol. The number of aromatic nitrogens is 4. The van der Waals surface area contributed by atoms with Crippen LogP contribution >= 0.6 is 0 Å². The molecular formula is C30H37N7O3S. The number of piperidine rings is 1. The average Bonchev–Trinajstić information content (AvgIpc) is 2.97. The second kappa shape index (κ2) is 12.5. The van der Waals surface area contributed by atoms with E-state index in [4.69, 9.17) is 0 Å². The third-order valence-corrected chi connectivity index (χ3v) is 9.19. The lowest BCUT2D eigenvalue weighted by molar-refractivity contribution is 0.372. The number of pyridine rings is 2. The van der Waals surface area contributed by atoms with Gasteiger partial charge in [0.1, 0.15) is 5.65 Å². The highest BCUT2D eigenvalue weighted by Crippen LogP contribution is 2.23. The highest BCUT2D eigenvalue weighted by Gasteiger charge is 2.18. The van der Waals surface area contributed by atoms with E-state index in [1.807, 2.05) is 38.1 Å². The molecule has 0 bridgehead atoms. The van der Waals surface area contributed by atoms with Gasteiger partial charge in [0.2, 0.25) is 5.95 Å².